The molecule has 146 valence electrons. The number of aromatic nitrogens is 3. The number of anilines is 2. The zero-order valence-corrected chi connectivity index (χ0v) is 16.7. The number of carboxylic acid groups (broad SMARTS) is 1. The van der Waals surface area contributed by atoms with Gasteiger partial charge in [-0.3, -0.25) is 4.40 Å². The maximum absolute atomic E-state index is 11.4. The summed E-state index contributed by atoms with van der Waals surface area (Å²) in [4.78, 5) is 22.4. The standard InChI is InChI=1S/C19H21BrN6O2/c20-16-15-17(21)22-8-10-26(15)18(24-16)25-9-4-7-13(23-19(27)28)14(25)11-12-5-2-1-3-6-12/h1-3,5-6,8,10,13-14,23H,4,7,9,11H2,(H2,21,22)(H,27,28). The quantitative estimate of drug-likeness (QED) is 0.570. The molecule has 2 atom stereocenters. The Morgan fingerprint density at radius 1 is 1.36 bits per heavy atom. The first kappa shape index (κ1) is 18.5. The molecule has 1 aromatic carbocycles. The van der Waals surface area contributed by atoms with Gasteiger partial charge in [-0.15, -0.1) is 0 Å². The van der Waals surface area contributed by atoms with Gasteiger partial charge in [-0.05, 0) is 40.8 Å². The molecule has 0 bridgehead atoms. The van der Waals surface area contributed by atoms with Crippen molar-refractivity contribution < 1.29 is 9.90 Å². The molecule has 1 amide bonds. The van der Waals surface area contributed by atoms with Gasteiger partial charge in [0.2, 0.25) is 5.95 Å². The fourth-order valence-electron chi connectivity index (χ4n) is 3.95. The lowest BCUT2D eigenvalue weighted by Crippen LogP contribution is -2.56. The summed E-state index contributed by atoms with van der Waals surface area (Å²) >= 11 is 3.49. The number of benzene rings is 1. The molecular weight excluding hydrogens is 424 g/mol. The number of nitrogen functional groups attached to an aromatic ring is 1. The molecule has 1 aliphatic heterocycles. The van der Waals surface area contributed by atoms with Gasteiger partial charge in [0.1, 0.15) is 10.1 Å². The molecule has 9 heteroatoms. The number of nitrogens with one attached hydrogen (secondary N) is 1. The van der Waals surface area contributed by atoms with Gasteiger partial charge < -0.3 is 21.1 Å². The molecule has 2 unspecified atom stereocenters. The largest absolute Gasteiger partial charge is 0.465 e. The summed E-state index contributed by atoms with van der Waals surface area (Å²) in [7, 11) is 0. The summed E-state index contributed by atoms with van der Waals surface area (Å²) in [5, 5.41) is 12.0. The minimum atomic E-state index is -1.01. The Morgan fingerprint density at radius 2 is 2.14 bits per heavy atom. The van der Waals surface area contributed by atoms with Gasteiger partial charge in [0, 0.05) is 18.9 Å². The first-order chi connectivity index (χ1) is 13.5. The van der Waals surface area contributed by atoms with Gasteiger partial charge in [-0.25, -0.2) is 14.8 Å². The number of halogens is 1. The molecule has 28 heavy (non-hydrogen) atoms. The zero-order chi connectivity index (χ0) is 19.7. The van der Waals surface area contributed by atoms with Gasteiger partial charge in [-0.1, -0.05) is 30.3 Å². The highest BCUT2D eigenvalue weighted by Gasteiger charge is 2.35. The molecule has 4 N–H and O–H groups in total. The van der Waals surface area contributed by atoms with Gasteiger partial charge in [-0.2, -0.15) is 0 Å². The van der Waals surface area contributed by atoms with Crippen LogP contribution in [0, 0.1) is 0 Å². The monoisotopic (exact) mass is 444 g/mol. The van der Waals surface area contributed by atoms with Gasteiger partial charge in [0.05, 0.1) is 12.1 Å². The number of nitrogens with two attached hydrogens (primary N) is 1. The average Bonchev–Trinajstić information content (AvgIpc) is 3.01. The lowest BCUT2D eigenvalue weighted by atomic mass is 9.91. The van der Waals surface area contributed by atoms with Crippen molar-refractivity contribution in [2.75, 3.05) is 17.2 Å². The van der Waals surface area contributed by atoms with Crippen molar-refractivity contribution in [3.05, 3.63) is 52.9 Å². The smallest absolute Gasteiger partial charge is 0.404 e. The summed E-state index contributed by atoms with van der Waals surface area (Å²) in [6.45, 7) is 0.781. The molecule has 3 heterocycles. The topological polar surface area (TPSA) is 109 Å². The highest BCUT2D eigenvalue weighted by molar-refractivity contribution is 9.10. The average molecular weight is 445 g/mol. The molecule has 1 saturated heterocycles. The van der Waals surface area contributed by atoms with E-state index < -0.39 is 6.09 Å². The van der Waals surface area contributed by atoms with Crippen molar-refractivity contribution in [2.24, 2.45) is 0 Å². The summed E-state index contributed by atoms with van der Waals surface area (Å²) < 4.78 is 2.54. The van der Waals surface area contributed by atoms with E-state index >= 15 is 0 Å². The maximum atomic E-state index is 11.4. The molecule has 2 aromatic heterocycles. The van der Waals surface area contributed by atoms with Crippen LogP contribution in [0.15, 0.2) is 47.3 Å². The lowest BCUT2D eigenvalue weighted by molar-refractivity contribution is 0.183. The third-order valence-corrected chi connectivity index (χ3v) is 5.71. The van der Waals surface area contributed by atoms with E-state index in [1.54, 1.807) is 6.20 Å². The first-order valence-electron chi connectivity index (χ1n) is 9.12. The Bertz CT molecular complexity index is 993. The van der Waals surface area contributed by atoms with E-state index in [0.717, 1.165) is 30.9 Å². The molecular formula is C19H21BrN6O2. The number of rotatable bonds is 4. The van der Waals surface area contributed by atoms with Crippen LogP contribution in [0.2, 0.25) is 0 Å². The molecule has 0 saturated carbocycles. The van der Waals surface area contributed by atoms with E-state index in [9.17, 15) is 9.90 Å². The molecule has 4 rings (SSSR count). The van der Waals surface area contributed by atoms with Crippen molar-refractivity contribution in [3.63, 3.8) is 0 Å². The zero-order valence-electron chi connectivity index (χ0n) is 15.1. The predicted octanol–water partition coefficient (Wildman–Crippen LogP) is 2.92. The van der Waals surface area contributed by atoms with E-state index in [2.05, 4.69) is 43.3 Å². The number of hydrogen-bond acceptors (Lipinski definition) is 5. The highest BCUT2D eigenvalue weighted by Crippen LogP contribution is 2.32. The maximum Gasteiger partial charge on any atom is 0.404 e. The van der Waals surface area contributed by atoms with E-state index in [-0.39, 0.29) is 12.1 Å². The summed E-state index contributed by atoms with van der Waals surface area (Å²) in [5.74, 6) is 1.12. The third kappa shape index (κ3) is 3.49. The molecule has 8 nitrogen and oxygen atoms in total. The normalized spacial score (nSPS) is 19.7. The number of hydrogen-bond donors (Lipinski definition) is 3. The van der Waals surface area contributed by atoms with E-state index in [1.807, 2.05) is 28.8 Å². The van der Waals surface area contributed by atoms with Crippen LogP contribution in [-0.4, -0.2) is 44.2 Å². The molecule has 0 spiro atoms. The third-order valence-electron chi connectivity index (χ3n) is 5.15. The Kier molecular flexibility index (Phi) is 5.08. The Hall–Kier alpha value is -2.81. The summed E-state index contributed by atoms with van der Waals surface area (Å²) in [6.07, 6.45) is 4.82. The fraction of sp³-hybridized carbons (Fsp3) is 0.316. The van der Waals surface area contributed by atoms with Crippen LogP contribution in [0.4, 0.5) is 16.6 Å². The van der Waals surface area contributed by atoms with Crippen molar-refractivity contribution in [3.8, 4) is 0 Å². The number of amides is 1. The van der Waals surface area contributed by atoms with E-state index in [0.29, 0.717) is 22.4 Å². The lowest BCUT2D eigenvalue weighted by Gasteiger charge is -2.41. The second kappa shape index (κ2) is 7.67. The number of fused-ring (bicyclic) bond motifs is 1. The van der Waals surface area contributed by atoms with Gasteiger partial charge in [0.15, 0.2) is 5.82 Å². The summed E-state index contributed by atoms with van der Waals surface area (Å²) in [5.41, 5.74) is 7.90. The predicted molar refractivity (Wildman–Crippen MR) is 111 cm³/mol. The highest BCUT2D eigenvalue weighted by atomic mass is 79.9. The molecule has 1 aliphatic rings. The fourth-order valence-corrected chi connectivity index (χ4v) is 4.50. The van der Waals surface area contributed by atoms with E-state index in [1.165, 1.54) is 0 Å². The van der Waals surface area contributed by atoms with Crippen LogP contribution in [-0.2, 0) is 6.42 Å². The molecule has 3 aromatic rings. The molecule has 1 fully saturated rings. The molecule has 0 aliphatic carbocycles. The number of piperidine rings is 1. The Morgan fingerprint density at radius 3 is 2.89 bits per heavy atom. The van der Waals surface area contributed by atoms with Crippen molar-refractivity contribution in [1.29, 1.82) is 0 Å². The first-order valence-corrected chi connectivity index (χ1v) is 9.92. The van der Waals surface area contributed by atoms with Crippen molar-refractivity contribution in [1.82, 2.24) is 19.7 Å². The van der Waals surface area contributed by atoms with Crippen LogP contribution in [0.5, 0.6) is 0 Å². The number of carbonyl (C=O) groups is 1. The van der Waals surface area contributed by atoms with Crippen LogP contribution < -0.4 is 16.0 Å². The van der Waals surface area contributed by atoms with Crippen LogP contribution >= 0.6 is 15.9 Å². The van der Waals surface area contributed by atoms with Crippen LogP contribution in [0.3, 0.4) is 0 Å². The van der Waals surface area contributed by atoms with Crippen molar-refractivity contribution in [2.45, 2.75) is 31.3 Å². The second-order valence-electron chi connectivity index (χ2n) is 6.88. The SMILES string of the molecule is Nc1nccn2c(N3CCCC(NC(=O)O)C3Cc3ccccc3)nc(Br)c12. The Labute approximate surface area is 170 Å². The van der Waals surface area contributed by atoms with E-state index in [4.69, 9.17) is 10.7 Å². The van der Waals surface area contributed by atoms with Crippen LogP contribution in [0.25, 0.3) is 5.52 Å². The number of nitrogens with zero attached hydrogens (tertiary/aromatic N) is 4. The number of imidazole rings is 1. The molecule has 0 radical (unpaired) electrons. The minimum Gasteiger partial charge on any atom is -0.465 e. The minimum absolute atomic E-state index is 0.0702. The van der Waals surface area contributed by atoms with Crippen molar-refractivity contribution >= 4 is 39.3 Å². The summed E-state index contributed by atoms with van der Waals surface area (Å²) in [6, 6.07) is 9.82. The van der Waals surface area contributed by atoms with Crippen LogP contribution in [0.1, 0.15) is 18.4 Å². The van der Waals surface area contributed by atoms with Gasteiger partial charge in [0.25, 0.3) is 0 Å². The second-order valence-corrected chi connectivity index (χ2v) is 7.63. The Balaban J connectivity index is 1.77. The van der Waals surface area contributed by atoms with Gasteiger partial charge >= 0.3 is 6.09 Å².